The summed E-state index contributed by atoms with van der Waals surface area (Å²) in [7, 11) is 1.70. The molecule has 0 atom stereocenters. The van der Waals surface area contributed by atoms with Crippen LogP contribution in [0.25, 0.3) is 11.5 Å². The van der Waals surface area contributed by atoms with E-state index in [9.17, 15) is 4.79 Å². The molecule has 0 saturated carbocycles. The predicted octanol–water partition coefficient (Wildman–Crippen LogP) is 0.976. The number of rotatable bonds is 5. The molecular weight excluding hydrogens is 244 g/mol. The standard InChI is InChI=1S/C13H18N4O2/c1-9(2)14-6-4-11-15-16-13(19-11)10-5-7-17(3)12(18)8-10/h5,7-9,14H,4,6H2,1-3H3. The van der Waals surface area contributed by atoms with E-state index in [4.69, 9.17) is 4.42 Å². The van der Waals surface area contributed by atoms with E-state index in [2.05, 4.69) is 29.4 Å². The van der Waals surface area contributed by atoms with Gasteiger partial charge in [-0.1, -0.05) is 13.8 Å². The van der Waals surface area contributed by atoms with Crippen molar-refractivity contribution in [1.29, 1.82) is 0 Å². The molecule has 0 aromatic carbocycles. The Morgan fingerprint density at radius 2 is 2.21 bits per heavy atom. The molecule has 2 heterocycles. The van der Waals surface area contributed by atoms with Crippen LogP contribution in [-0.2, 0) is 13.5 Å². The van der Waals surface area contributed by atoms with E-state index in [1.807, 2.05) is 0 Å². The molecule has 0 bridgehead atoms. The van der Waals surface area contributed by atoms with Gasteiger partial charge in [0.2, 0.25) is 11.8 Å². The molecule has 0 saturated heterocycles. The van der Waals surface area contributed by atoms with Gasteiger partial charge in [0, 0.05) is 43.9 Å². The Morgan fingerprint density at radius 1 is 1.42 bits per heavy atom. The van der Waals surface area contributed by atoms with Crippen molar-refractivity contribution in [2.45, 2.75) is 26.3 Å². The van der Waals surface area contributed by atoms with Crippen LogP contribution < -0.4 is 10.9 Å². The Bertz CT molecular complexity index is 601. The molecule has 0 aliphatic heterocycles. The molecule has 19 heavy (non-hydrogen) atoms. The summed E-state index contributed by atoms with van der Waals surface area (Å²) in [5, 5.41) is 11.2. The maximum absolute atomic E-state index is 11.5. The van der Waals surface area contributed by atoms with Gasteiger partial charge in [0.05, 0.1) is 0 Å². The van der Waals surface area contributed by atoms with Gasteiger partial charge in [-0.3, -0.25) is 4.79 Å². The van der Waals surface area contributed by atoms with Crippen LogP contribution in [0.1, 0.15) is 19.7 Å². The largest absolute Gasteiger partial charge is 0.421 e. The fourth-order valence-corrected chi connectivity index (χ4v) is 1.62. The summed E-state index contributed by atoms with van der Waals surface area (Å²) in [6.45, 7) is 4.95. The normalized spacial score (nSPS) is 11.2. The fourth-order valence-electron chi connectivity index (χ4n) is 1.62. The summed E-state index contributed by atoms with van der Waals surface area (Å²) in [6.07, 6.45) is 2.36. The molecule has 2 rings (SSSR count). The van der Waals surface area contributed by atoms with Gasteiger partial charge in [0.15, 0.2) is 0 Å². The van der Waals surface area contributed by atoms with Gasteiger partial charge in [-0.05, 0) is 6.07 Å². The summed E-state index contributed by atoms with van der Waals surface area (Å²) in [6, 6.07) is 3.70. The monoisotopic (exact) mass is 262 g/mol. The first-order valence-corrected chi connectivity index (χ1v) is 6.29. The molecule has 6 nitrogen and oxygen atoms in total. The van der Waals surface area contributed by atoms with E-state index in [0.29, 0.717) is 29.8 Å². The number of hydrogen-bond acceptors (Lipinski definition) is 5. The summed E-state index contributed by atoms with van der Waals surface area (Å²) in [5.41, 5.74) is 0.553. The first-order chi connectivity index (χ1) is 9.06. The minimum absolute atomic E-state index is 0.0984. The maximum Gasteiger partial charge on any atom is 0.251 e. The summed E-state index contributed by atoms with van der Waals surface area (Å²) in [5.74, 6) is 0.959. The third kappa shape index (κ3) is 3.51. The second-order valence-electron chi connectivity index (χ2n) is 4.72. The van der Waals surface area contributed by atoms with E-state index in [-0.39, 0.29) is 5.56 Å². The molecule has 102 valence electrons. The van der Waals surface area contributed by atoms with Crippen molar-refractivity contribution in [3.8, 4) is 11.5 Å². The Balaban J connectivity index is 2.07. The van der Waals surface area contributed by atoms with Crippen molar-refractivity contribution in [1.82, 2.24) is 20.1 Å². The molecule has 2 aromatic heterocycles. The molecule has 0 fully saturated rings. The molecule has 2 aromatic rings. The maximum atomic E-state index is 11.5. The Hall–Kier alpha value is -1.95. The Morgan fingerprint density at radius 3 is 2.89 bits per heavy atom. The van der Waals surface area contributed by atoms with Gasteiger partial charge in [-0.25, -0.2) is 0 Å². The van der Waals surface area contributed by atoms with Gasteiger partial charge in [0.25, 0.3) is 5.56 Å². The molecule has 6 heteroatoms. The molecule has 0 spiro atoms. The predicted molar refractivity (Wildman–Crippen MR) is 71.8 cm³/mol. The van der Waals surface area contributed by atoms with Crippen molar-refractivity contribution in [3.63, 3.8) is 0 Å². The van der Waals surface area contributed by atoms with Crippen LogP contribution in [0.2, 0.25) is 0 Å². The quantitative estimate of drug-likeness (QED) is 0.869. The van der Waals surface area contributed by atoms with Gasteiger partial charge in [-0.2, -0.15) is 0 Å². The fraction of sp³-hybridized carbons (Fsp3) is 0.462. The highest BCUT2D eigenvalue weighted by molar-refractivity contribution is 5.50. The molecule has 0 aliphatic rings. The number of aromatic nitrogens is 3. The van der Waals surface area contributed by atoms with Crippen molar-refractivity contribution in [3.05, 3.63) is 34.6 Å². The summed E-state index contributed by atoms with van der Waals surface area (Å²) < 4.78 is 7.03. The first-order valence-electron chi connectivity index (χ1n) is 6.29. The van der Waals surface area contributed by atoms with E-state index < -0.39 is 0 Å². The third-order valence-electron chi connectivity index (χ3n) is 2.71. The second kappa shape index (κ2) is 5.79. The zero-order valence-corrected chi connectivity index (χ0v) is 11.4. The third-order valence-corrected chi connectivity index (χ3v) is 2.71. The lowest BCUT2D eigenvalue weighted by Gasteiger charge is -2.04. The smallest absolute Gasteiger partial charge is 0.251 e. The van der Waals surface area contributed by atoms with Crippen molar-refractivity contribution >= 4 is 0 Å². The number of nitrogens with one attached hydrogen (secondary N) is 1. The number of pyridine rings is 1. The van der Waals surface area contributed by atoms with Crippen LogP contribution >= 0.6 is 0 Å². The average molecular weight is 262 g/mol. The molecule has 1 N–H and O–H groups in total. The van der Waals surface area contributed by atoms with Crippen LogP contribution in [0.3, 0.4) is 0 Å². The van der Waals surface area contributed by atoms with Gasteiger partial charge >= 0.3 is 0 Å². The zero-order valence-electron chi connectivity index (χ0n) is 11.4. The van der Waals surface area contributed by atoms with Gasteiger partial charge in [-0.15, -0.1) is 10.2 Å². The van der Waals surface area contributed by atoms with Crippen LogP contribution in [-0.4, -0.2) is 27.4 Å². The van der Waals surface area contributed by atoms with E-state index in [1.165, 1.54) is 10.6 Å². The first kappa shape index (κ1) is 13.5. The van der Waals surface area contributed by atoms with Crippen LogP contribution in [0.5, 0.6) is 0 Å². The van der Waals surface area contributed by atoms with Crippen molar-refractivity contribution < 1.29 is 4.42 Å². The van der Waals surface area contributed by atoms with Crippen molar-refractivity contribution in [2.75, 3.05) is 6.54 Å². The summed E-state index contributed by atoms with van der Waals surface area (Å²) >= 11 is 0. The highest BCUT2D eigenvalue weighted by atomic mass is 16.4. The topological polar surface area (TPSA) is 73.0 Å². The highest BCUT2D eigenvalue weighted by Gasteiger charge is 2.09. The van der Waals surface area contributed by atoms with Gasteiger partial charge < -0.3 is 14.3 Å². The van der Waals surface area contributed by atoms with Gasteiger partial charge in [0.1, 0.15) is 0 Å². The number of aryl methyl sites for hydroxylation is 1. The SMILES string of the molecule is CC(C)NCCc1nnc(-c2ccn(C)c(=O)c2)o1. The molecule has 0 amide bonds. The second-order valence-corrected chi connectivity index (χ2v) is 4.72. The summed E-state index contributed by atoms with van der Waals surface area (Å²) in [4.78, 5) is 11.5. The van der Waals surface area contributed by atoms with E-state index in [0.717, 1.165) is 6.54 Å². The highest BCUT2D eigenvalue weighted by Crippen LogP contribution is 2.15. The lowest BCUT2D eigenvalue weighted by molar-refractivity contribution is 0.484. The molecule has 0 radical (unpaired) electrons. The van der Waals surface area contributed by atoms with Crippen LogP contribution in [0.4, 0.5) is 0 Å². The van der Waals surface area contributed by atoms with Crippen LogP contribution in [0.15, 0.2) is 27.5 Å². The lowest BCUT2D eigenvalue weighted by atomic mass is 10.3. The molecular formula is C13H18N4O2. The Labute approximate surface area is 111 Å². The molecule has 0 unspecified atom stereocenters. The number of hydrogen-bond donors (Lipinski definition) is 1. The molecule has 0 aliphatic carbocycles. The van der Waals surface area contributed by atoms with E-state index in [1.54, 1.807) is 19.3 Å². The average Bonchev–Trinajstić information content (AvgIpc) is 2.81. The lowest BCUT2D eigenvalue weighted by Crippen LogP contribution is -2.25. The van der Waals surface area contributed by atoms with Crippen molar-refractivity contribution in [2.24, 2.45) is 7.05 Å². The zero-order chi connectivity index (χ0) is 13.8. The van der Waals surface area contributed by atoms with E-state index >= 15 is 0 Å². The minimum atomic E-state index is -0.0984. The Kier molecular flexibility index (Phi) is 4.11. The minimum Gasteiger partial charge on any atom is -0.421 e. The van der Waals surface area contributed by atoms with Crippen LogP contribution in [0, 0.1) is 0 Å². The number of nitrogens with zero attached hydrogens (tertiary/aromatic N) is 3.